The Hall–Kier alpha value is 0.460. The van der Waals surface area contributed by atoms with Gasteiger partial charge in [-0.3, -0.25) is 0 Å². The first kappa shape index (κ1) is 15.9. The monoisotopic (exact) mass is 229 g/mol. The molecule has 0 aliphatic rings. The van der Waals surface area contributed by atoms with Gasteiger partial charge in [0.15, 0.2) is 0 Å². The first-order chi connectivity index (χ1) is 6.04. The average Bonchev–Trinajstić information content (AvgIpc) is 2.02. The van der Waals surface area contributed by atoms with E-state index in [-0.39, 0.29) is 0 Å². The van der Waals surface area contributed by atoms with Crippen LogP contribution in [0, 0.1) is 0 Å². The normalized spacial score (nSPS) is 14.2. The molecule has 13 heavy (non-hydrogen) atoms. The first-order valence-electron chi connectivity index (χ1n) is 4.24. The SMILES string of the molecule is CCCSP(=O)(O)OCC.CNC. The van der Waals surface area contributed by atoms with Gasteiger partial charge in [0.25, 0.3) is 0 Å². The molecule has 0 aliphatic heterocycles. The molecule has 0 rings (SSSR count). The molecule has 6 heteroatoms. The van der Waals surface area contributed by atoms with Crippen molar-refractivity contribution in [3.8, 4) is 0 Å². The van der Waals surface area contributed by atoms with Crippen molar-refractivity contribution < 1.29 is 14.0 Å². The summed E-state index contributed by atoms with van der Waals surface area (Å²) in [4.78, 5) is 8.94. The molecule has 0 aromatic heterocycles. The van der Waals surface area contributed by atoms with E-state index in [1.807, 2.05) is 21.0 Å². The Morgan fingerprint density at radius 2 is 1.92 bits per heavy atom. The van der Waals surface area contributed by atoms with Gasteiger partial charge in [0.05, 0.1) is 6.61 Å². The lowest BCUT2D eigenvalue weighted by molar-refractivity contribution is 0.291. The Labute approximate surface area is 84.7 Å². The van der Waals surface area contributed by atoms with E-state index >= 15 is 0 Å². The molecule has 4 nitrogen and oxygen atoms in total. The molecular formula is C7H20NO3PS. The highest BCUT2D eigenvalue weighted by Gasteiger charge is 2.17. The van der Waals surface area contributed by atoms with Crippen LogP contribution in [-0.2, 0) is 9.09 Å². The summed E-state index contributed by atoms with van der Waals surface area (Å²) in [5.74, 6) is 0.674. The Kier molecular flexibility index (Phi) is 12.9. The Morgan fingerprint density at radius 1 is 1.46 bits per heavy atom. The van der Waals surface area contributed by atoms with E-state index in [4.69, 9.17) is 4.89 Å². The van der Waals surface area contributed by atoms with Gasteiger partial charge in [-0.25, -0.2) is 4.57 Å². The van der Waals surface area contributed by atoms with Crippen molar-refractivity contribution in [1.82, 2.24) is 5.32 Å². The third kappa shape index (κ3) is 15.2. The molecule has 0 aliphatic carbocycles. The van der Waals surface area contributed by atoms with E-state index in [1.165, 1.54) is 0 Å². The highest BCUT2D eigenvalue weighted by Crippen LogP contribution is 2.55. The fourth-order valence-electron chi connectivity index (χ4n) is 0.407. The molecule has 2 N–H and O–H groups in total. The van der Waals surface area contributed by atoms with Gasteiger partial charge in [-0.1, -0.05) is 6.92 Å². The van der Waals surface area contributed by atoms with Crippen molar-refractivity contribution in [3.63, 3.8) is 0 Å². The molecule has 0 aromatic rings. The van der Waals surface area contributed by atoms with Gasteiger partial charge < -0.3 is 14.7 Å². The van der Waals surface area contributed by atoms with Crippen molar-refractivity contribution in [2.45, 2.75) is 20.3 Å². The smallest absolute Gasteiger partial charge is 0.323 e. The molecule has 0 aromatic carbocycles. The van der Waals surface area contributed by atoms with Crippen LogP contribution in [0.4, 0.5) is 0 Å². The lowest BCUT2D eigenvalue weighted by Gasteiger charge is -2.07. The predicted molar refractivity (Wildman–Crippen MR) is 59.2 cm³/mol. The van der Waals surface area contributed by atoms with Crippen LogP contribution in [0.3, 0.4) is 0 Å². The molecule has 82 valence electrons. The molecule has 0 amide bonds. The third-order valence-electron chi connectivity index (χ3n) is 0.751. The van der Waals surface area contributed by atoms with E-state index in [0.29, 0.717) is 12.4 Å². The second-order valence-electron chi connectivity index (χ2n) is 2.22. The molecule has 0 fully saturated rings. The molecule has 0 spiro atoms. The van der Waals surface area contributed by atoms with E-state index < -0.39 is 6.80 Å². The zero-order valence-electron chi connectivity index (χ0n) is 8.74. The lowest BCUT2D eigenvalue weighted by atomic mass is 10.6. The fraction of sp³-hybridized carbons (Fsp3) is 1.00. The molecule has 1 unspecified atom stereocenters. The summed E-state index contributed by atoms with van der Waals surface area (Å²) in [6, 6.07) is 0. The highest BCUT2D eigenvalue weighted by atomic mass is 32.7. The Bertz CT molecular complexity index is 146. The Balaban J connectivity index is 0. The van der Waals surface area contributed by atoms with Crippen LogP contribution in [-0.4, -0.2) is 31.3 Å². The van der Waals surface area contributed by atoms with Crippen LogP contribution in [0.1, 0.15) is 20.3 Å². The maximum absolute atomic E-state index is 10.9. The second-order valence-corrected chi connectivity index (χ2v) is 6.24. The van der Waals surface area contributed by atoms with Crippen molar-refractivity contribution in [2.24, 2.45) is 0 Å². The minimum Gasteiger partial charge on any atom is -0.323 e. The van der Waals surface area contributed by atoms with Crippen molar-refractivity contribution in [1.29, 1.82) is 0 Å². The molecule has 0 saturated heterocycles. The van der Waals surface area contributed by atoms with Crippen molar-refractivity contribution >= 4 is 18.2 Å². The minimum absolute atomic E-state index is 0.296. The van der Waals surface area contributed by atoms with Gasteiger partial charge in [-0.05, 0) is 38.8 Å². The van der Waals surface area contributed by atoms with E-state index in [1.54, 1.807) is 6.92 Å². The maximum Gasteiger partial charge on any atom is 0.386 e. The standard InChI is InChI=1S/C5H13O3PS.C2H7N/c1-3-5-10-9(6,7)8-4-2;1-3-2/h3-5H2,1-2H3,(H,6,7);3H,1-2H3. The number of hydrogen-bond acceptors (Lipinski definition) is 4. The van der Waals surface area contributed by atoms with E-state index in [2.05, 4.69) is 9.84 Å². The van der Waals surface area contributed by atoms with Crippen molar-refractivity contribution in [3.05, 3.63) is 0 Å². The summed E-state index contributed by atoms with van der Waals surface area (Å²) in [6.45, 7) is 0.665. The number of nitrogens with one attached hydrogen (secondary N) is 1. The molecule has 0 radical (unpaired) electrons. The summed E-state index contributed by atoms with van der Waals surface area (Å²) >= 11 is 0.992. The van der Waals surface area contributed by atoms with Gasteiger partial charge in [-0.2, -0.15) is 0 Å². The van der Waals surface area contributed by atoms with Gasteiger partial charge >= 0.3 is 6.80 Å². The van der Waals surface area contributed by atoms with E-state index in [9.17, 15) is 4.57 Å². The van der Waals surface area contributed by atoms with Crippen LogP contribution in [0.5, 0.6) is 0 Å². The fourth-order valence-corrected chi connectivity index (χ4v) is 3.00. The van der Waals surface area contributed by atoms with Gasteiger partial charge in [0.1, 0.15) is 0 Å². The average molecular weight is 229 g/mol. The van der Waals surface area contributed by atoms with Crippen molar-refractivity contribution in [2.75, 3.05) is 26.5 Å². The zero-order chi connectivity index (χ0) is 10.7. The first-order valence-corrected chi connectivity index (χ1v) is 7.41. The molecule has 0 saturated carbocycles. The van der Waals surface area contributed by atoms with Crippen LogP contribution >= 0.6 is 18.2 Å². The minimum atomic E-state index is -3.29. The molecular weight excluding hydrogens is 209 g/mol. The molecule has 0 heterocycles. The second kappa shape index (κ2) is 10.5. The third-order valence-corrected chi connectivity index (χ3v) is 4.10. The molecule has 1 atom stereocenters. The quantitative estimate of drug-likeness (QED) is 0.707. The largest absolute Gasteiger partial charge is 0.386 e. The number of hydrogen-bond donors (Lipinski definition) is 2. The summed E-state index contributed by atoms with van der Waals surface area (Å²) in [5, 5.41) is 2.75. The van der Waals surface area contributed by atoms with Gasteiger partial charge in [-0.15, -0.1) is 0 Å². The molecule has 0 bridgehead atoms. The van der Waals surface area contributed by atoms with Gasteiger partial charge in [0, 0.05) is 5.75 Å². The van der Waals surface area contributed by atoms with E-state index in [0.717, 1.165) is 17.8 Å². The zero-order valence-corrected chi connectivity index (χ0v) is 10.5. The predicted octanol–water partition coefficient (Wildman–Crippen LogP) is 2.10. The summed E-state index contributed by atoms with van der Waals surface area (Å²) in [5.41, 5.74) is 0. The van der Waals surface area contributed by atoms with Crippen LogP contribution in [0.25, 0.3) is 0 Å². The van der Waals surface area contributed by atoms with Crippen LogP contribution < -0.4 is 5.32 Å². The topological polar surface area (TPSA) is 58.6 Å². The Morgan fingerprint density at radius 3 is 2.23 bits per heavy atom. The summed E-state index contributed by atoms with van der Waals surface area (Å²) in [7, 11) is 3.75. The van der Waals surface area contributed by atoms with Gasteiger partial charge in [0.2, 0.25) is 0 Å². The number of rotatable bonds is 5. The highest BCUT2D eigenvalue weighted by molar-refractivity contribution is 8.54. The van der Waals surface area contributed by atoms with Crippen LogP contribution in [0.15, 0.2) is 0 Å². The summed E-state index contributed by atoms with van der Waals surface area (Å²) in [6.07, 6.45) is 0.891. The lowest BCUT2D eigenvalue weighted by Crippen LogP contribution is -1.89. The maximum atomic E-state index is 10.9. The summed E-state index contributed by atoms with van der Waals surface area (Å²) < 4.78 is 15.5. The van der Waals surface area contributed by atoms with Crippen LogP contribution in [0.2, 0.25) is 0 Å².